The predicted molar refractivity (Wildman–Crippen MR) is 73.2 cm³/mol. The Balaban J connectivity index is 1.95. The van der Waals surface area contributed by atoms with Crippen LogP contribution in [0, 0.1) is 0 Å². The third-order valence-corrected chi connectivity index (χ3v) is 3.80. The van der Waals surface area contributed by atoms with Gasteiger partial charge in [-0.1, -0.05) is 0 Å². The first-order chi connectivity index (χ1) is 8.80. The lowest BCUT2D eigenvalue weighted by Gasteiger charge is -2.46. The second-order valence-electron chi connectivity index (χ2n) is 6.74. The normalized spacial score (nSPS) is 24.5. The molecular weight excluding hydrogens is 244 g/mol. The number of carbonyl (C=O) groups is 1. The summed E-state index contributed by atoms with van der Waals surface area (Å²) in [5.74, 6) is 0. The van der Waals surface area contributed by atoms with E-state index in [0.29, 0.717) is 19.7 Å². The predicted octanol–water partition coefficient (Wildman–Crippen LogP) is 1.72. The van der Waals surface area contributed by atoms with Crippen LogP contribution in [0.15, 0.2) is 0 Å². The number of nitrogens with zero attached hydrogens (tertiary/aromatic N) is 2. The van der Waals surface area contributed by atoms with Crippen LogP contribution in [0.1, 0.15) is 33.6 Å². The fourth-order valence-corrected chi connectivity index (χ4v) is 2.66. The highest BCUT2D eigenvalue weighted by Gasteiger charge is 2.41. The summed E-state index contributed by atoms with van der Waals surface area (Å²) in [6.45, 7) is 9.67. The third-order valence-electron chi connectivity index (χ3n) is 3.80. The summed E-state index contributed by atoms with van der Waals surface area (Å²) < 4.78 is 11.4. The smallest absolute Gasteiger partial charge is 0.410 e. The molecule has 110 valence electrons. The Kier molecular flexibility index (Phi) is 4.06. The van der Waals surface area contributed by atoms with E-state index >= 15 is 0 Å². The second kappa shape index (κ2) is 5.29. The van der Waals surface area contributed by atoms with Crippen molar-refractivity contribution in [3.05, 3.63) is 0 Å². The molecule has 0 atom stereocenters. The summed E-state index contributed by atoms with van der Waals surface area (Å²) in [5, 5.41) is 0. The molecule has 2 heterocycles. The van der Waals surface area contributed by atoms with Crippen molar-refractivity contribution >= 4 is 6.09 Å². The molecule has 2 saturated heterocycles. The van der Waals surface area contributed by atoms with Gasteiger partial charge < -0.3 is 19.3 Å². The molecule has 5 nitrogen and oxygen atoms in total. The van der Waals surface area contributed by atoms with Crippen molar-refractivity contribution in [2.75, 3.05) is 39.8 Å². The van der Waals surface area contributed by atoms with Gasteiger partial charge in [-0.05, 0) is 40.7 Å². The summed E-state index contributed by atoms with van der Waals surface area (Å²) in [6, 6.07) is 0. The SMILES string of the molecule is CN1CCC2(CC1)CN(C(=O)OC(C)(C)C)CCO2. The van der Waals surface area contributed by atoms with E-state index in [0.717, 1.165) is 25.9 Å². The first-order valence-electron chi connectivity index (χ1n) is 7.10. The summed E-state index contributed by atoms with van der Waals surface area (Å²) in [4.78, 5) is 16.3. The Morgan fingerprint density at radius 3 is 2.42 bits per heavy atom. The van der Waals surface area contributed by atoms with Crippen LogP contribution in [0.2, 0.25) is 0 Å². The molecule has 0 aromatic carbocycles. The second-order valence-corrected chi connectivity index (χ2v) is 6.74. The van der Waals surface area contributed by atoms with E-state index in [4.69, 9.17) is 9.47 Å². The van der Waals surface area contributed by atoms with Gasteiger partial charge in [-0.2, -0.15) is 0 Å². The van der Waals surface area contributed by atoms with Crippen LogP contribution in [0.5, 0.6) is 0 Å². The van der Waals surface area contributed by atoms with Crippen LogP contribution in [0.3, 0.4) is 0 Å². The molecule has 0 aliphatic carbocycles. The zero-order chi connectivity index (χ0) is 14.1. The van der Waals surface area contributed by atoms with Crippen molar-refractivity contribution in [2.45, 2.75) is 44.8 Å². The number of amides is 1. The number of hydrogen-bond acceptors (Lipinski definition) is 4. The summed E-state index contributed by atoms with van der Waals surface area (Å²) >= 11 is 0. The first-order valence-corrected chi connectivity index (χ1v) is 7.10. The minimum Gasteiger partial charge on any atom is -0.444 e. The van der Waals surface area contributed by atoms with Crippen molar-refractivity contribution in [1.82, 2.24) is 9.80 Å². The standard InChI is InChI=1S/C14H26N2O3/c1-13(2,3)19-12(17)16-9-10-18-14(11-16)5-7-15(4)8-6-14/h5-11H2,1-4H3. The largest absolute Gasteiger partial charge is 0.444 e. The highest BCUT2D eigenvalue weighted by molar-refractivity contribution is 5.68. The van der Waals surface area contributed by atoms with Crippen LogP contribution >= 0.6 is 0 Å². The Hall–Kier alpha value is -0.810. The molecule has 2 aliphatic rings. The number of rotatable bonds is 0. The van der Waals surface area contributed by atoms with E-state index in [-0.39, 0.29) is 11.7 Å². The fourth-order valence-electron chi connectivity index (χ4n) is 2.66. The zero-order valence-electron chi connectivity index (χ0n) is 12.6. The maximum absolute atomic E-state index is 12.1. The van der Waals surface area contributed by atoms with Gasteiger partial charge >= 0.3 is 6.09 Å². The van der Waals surface area contributed by atoms with Crippen LogP contribution < -0.4 is 0 Å². The highest BCUT2D eigenvalue weighted by Crippen LogP contribution is 2.30. The average Bonchev–Trinajstić information content (AvgIpc) is 2.32. The van der Waals surface area contributed by atoms with Gasteiger partial charge in [0.2, 0.25) is 0 Å². The highest BCUT2D eigenvalue weighted by atomic mass is 16.6. The molecule has 2 fully saturated rings. The van der Waals surface area contributed by atoms with Crippen molar-refractivity contribution in [2.24, 2.45) is 0 Å². The molecule has 0 aromatic heterocycles. The lowest BCUT2D eigenvalue weighted by Crippen LogP contribution is -2.58. The molecule has 1 amide bonds. The van der Waals surface area contributed by atoms with Crippen molar-refractivity contribution in [1.29, 1.82) is 0 Å². The monoisotopic (exact) mass is 270 g/mol. The lowest BCUT2D eigenvalue weighted by molar-refractivity contribution is -0.131. The Labute approximate surface area is 115 Å². The van der Waals surface area contributed by atoms with Gasteiger partial charge in [0.15, 0.2) is 0 Å². The molecule has 0 N–H and O–H groups in total. The number of piperidine rings is 1. The van der Waals surface area contributed by atoms with Gasteiger partial charge in [-0.25, -0.2) is 4.79 Å². The van der Waals surface area contributed by atoms with Gasteiger partial charge in [0.1, 0.15) is 5.60 Å². The third kappa shape index (κ3) is 3.83. The van der Waals surface area contributed by atoms with E-state index in [2.05, 4.69) is 11.9 Å². The average molecular weight is 270 g/mol. The van der Waals surface area contributed by atoms with Crippen molar-refractivity contribution < 1.29 is 14.3 Å². The van der Waals surface area contributed by atoms with Crippen LogP contribution in [-0.4, -0.2) is 66.9 Å². The zero-order valence-corrected chi connectivity index (χ0v) is 12.6. The molecule has 0 unspecified atom stereocenters. The summed E-state index contributed by atoms with van der Waals surface area (Å²) in [7, 11) is 2.13. The number of likely N-dealkylation sites (tertiary alicyclic amines) is 1. The number of carbonyl (C=O) groups excluding carboxylic acids is 1. The van der Waals surface area contributed by atoms with E-state index in [1.807, 2.05) is 20.8 Å². The molecule has 19 heavy (non-hydrogen) atoms. The summed E-state index contributed by atoms with van der Waals surface area (Å²) in [5.41, 5.74) is -0.586. The molecular formula is C14H26N2O3. The van der Waals surface area contributed by atoms with Crippen molar-refractivity contribution in [3.8, 4) is 0 Å². The van der Waals surface area contributed by atoms with E-state index in [1.165, 1.54) is 0 Å². The van der Waals surface area contributed by atoms with E-state index in [9.17, 15) is 4.79 Å². The van der Waals surface area contributed by atoms with Crippen LogP contribution in [0.25, 0.3) is 0 Å². The van der Waals surface area contributed by atoms with Gasteiger partial charge in [-0.3, -0.25) is 0 Å². The van der Waals surface area contributed by atoms with Crippen molar-refractivity contribution in [3.63, 3.8) is 0 Å². The van der Waals surface area contributed by atoms with Crippen LogP contribution in [-0.2, 0) is 9.47 Å². The quantitative estimate of drug-likeness (QED) is 0.672. The molecule has 2 aliphatic heterocycles. The maximum Gasteiger partial charge on any atom is 0.410 e. The molecule has 0 radical (unpaired) electrons. The molecule has 0 aromatic rings. The topological polar surface area (TPSA) is 42.0 Å². The maximum atomic E-state index is 12.1. The van der Waals surface area contributed by atoms with Gasteiger partial charge in [0, 0.05) is 19.6 Å². The fraction of sp³-hybridized carbons (Fsp3) is 0.929. The number of hydrogen-bond donors (Lipinski definition) is 0. The Morgan fingerprint density at radius 2 is 1.84 bits per heavy atom. The lowest BCUT2D eigenvalue weighted by atomic mass is 9.89. The first kappa shape index (κ1) is 14.6. The van der Waals surface area contributed by atoms with Gasteiger partial charge in [0.05, 0.1) is 18.8 Å². The van der Waals surface area contributed by atoms with E-state index < -0.39 is 5.60 Å². The molecule has 0 saturated carbocycles. The number of ether oxygens (including phenoxy) is 2. The molecule has 2 rings (SSSR count). The minimum atomic E-state index is -0.435. The molecule has 1 spiro atoms. The van der Waals surface area contributed by atoms with Gasteiger partial charge in [0.25, 0.3) is 0 Å². The molecule has 0 bridgehead atoms. The van der Waals surface area contributed by atoms with Gasteiger partial charge in [-0.15, -0.1) is 0 Å². The molecule has 5 heteroatoms. The number of morpholine rings is 1. The Bertz CT molecular complexity index is 330. The minimum absolute atomic E-state index is 0.151. The Morgan fingerprint density at radius 1 is 1.21 bits per heavy atom. The van der Waals surface area contributed by atoms with E-state index in [1.54, 1.807) is 4.90 Å². The van der Waals surface area contributed by atoms with Crippen LogP contribution in [0.4, 0.5) is 4.79 Å². The summed E-state index contributed by atoms with van der Waals surface area (Å²) in [6.07, 6.45) is 1.76.